The van der Waals surface area contributed by atoms with Gasteiger partial charge in [-0.2, -0.15) is 0 Å². The molecule has 0 heterocycles. The predicted octanol–water partition coefficient (Wildman–Crippen LogP) is 7.08. The largest absolute Gasteiger partial charge is 0.461 e. The molecule has 1 saturated carbocycles. The van der Waals surface area contributed by atoms with E-state index in [-0.39, 0.29) is 34.7 Å². The standard InChI is InChI=1S/C21H20Br2Cl2O3/c1-20(2)16(18(22)21(23,24)25)17(20)19(26)27-12-13-7-6-10-15(11-13)28-14-8-4-3-5-9-14/h3-11,16-18H,12H2,1-2H3/t16-,17+,18?/m1/s1. The van der Waals surface area contributed by atoms with Crippen LogP contribution >= 0.6 is 55.1 Å². The fourth-order valence-electron chi connectivity index (χ4n) is 3.45. The highest BCUT2D eigenvalue weighted by molar-refractivity contribution is 9.13. The Bertz CT molecular complexity index is 837. The second-order valence-corrected chi connectivity index (χ2v) is 12.0. The Balaban J connectivity index is 1.60. The number of carbonyl (C=O) groups excluding carboxylic acids is 1. The van der Waals surface area contributed by atoms with Gasteiger partial charge in [-0.15, -0.1) is 0 Å². The second-order valence-electron chi connectivity index (χ2n) is 7.44. The predicted molar refractivity (Wildman–Crippen MR) is 120 cm³/mol. The molecule has 1 fully saturated rings. The molecule has 7 heteroatoms. The lowest BCUT2D eigenvalue weighted by Gasteiger charge is -2.20. The number of benzene rings is 2. The summed E-state index contributed by atoms with van der Waals surface area (Å²) in [6, 6.07) is 17.0. The lowest BCUT2D eigenvalue weighted by Crippen LogP contribution is -2.23. The quantitative estimate of drug-likeness (QED) is 0.273. The van der Waals surface area contributed by atoms with Crippen LogP contribution in [-0.2, 0) is 16.1 Å². The van der Waals surface area contributed by atoms with Crippen LogP contribution in [0.2, 0.25) is 0 Å². The molecule has 0 N–H and O–H groups in total. The van der Waals surface area contributed by atoms with E-state index in [1.807, 2.05) is 68.4 Å². The van der Waals surface area contributed by atoms with Crippen LogP contribution in [0.15, 0.2) is 54.6 Å². The lowest BCUT2D eigenvalue weighted by atomic mass is 10.1. The van der Waals surface area contributed by atoms with Gasteiger partial charge < -0.3 is 9.47 Å². The molecule has 1 unspecified atom stereocenters. The number of rotatable bonds is 7. The number of hydrogen-bond acceptors (Lipinski definition) is 3. The fraction of sp³-hybridized carbons (Fsp3) is 0.381. The maximum absolute atomic E-state index is 12.6. The van der Waals surface area contributed by atoms with Crippen molar-refractivity contribution in [3.8, 4) is 11.5 Å². The van der Waals surface area contributed by atoms with Crippen LogP contribution in [0.5, 0.6) is 11.5 Å². The van der Waals surface area contributed by atoms with Gasteiger partial charge in [0, 0.05) is 0 Å². The van der Waals surface area contributed by atoms with Gasteiger partial charge in [0.25, 0.3) is 0 Å². The van der Waals surface area contributed by atoms with Gasteiger partial charge in [-0.25, -0.2) is 0 Å². The first-order chi connectivity index (χ1) is 13.1. The van der Waals surface area contributed by atoms with Crippen molar-refractivity contribution in [3.05, 3.63) is 60.2 Å². The van der Waals surface area contributed by atoms with Gasteiger partial charge in [-0.3, -0.25) is 4.79 Å². The molecule has 3 rings (SSSR count). The van der Waals surface area contributed by atoms with Crippen LogP contribution < -0.4 is 4.74 Å². The Kier molecular flexibility index (Phi) is 6.70. The number of esters is 1. The average Bonchev–Trinajstić information content (AvgIpc) is 3.21. The van der Waals surface area contributed by atoms with E-state index < -0.39 is 3.24 Å². The highest BCUT2D eigenvalue weighted by Crippen LogP contribution is 2.65. The van der Waals surface area contributed by atoms with E-state index in [9.17, 15) is 4.79 Å². The summed E-state index contributed by atoms with van der Waals surface area (Å²) in [4.78, 5) is 12.4. The number of para-hydroxylation sites is 1. The number of ether oxygens (including phenoxy) is 2. The summed E-state index contributed by atoms with van der Waals surface area (Å²) in [7, 11) is 0. The minimum atomic E-state index is -1.15. The molecule has 0 bridgehead atoms. The zero-order valence-corrected chi connectivity index (χ0v) is 20.1. The Morgan fingerprint density at radius 1 is 1.14 bits per heavy atom. The zero-order valence-electron chi connectivity index (χ0n) is 15.4. The van der Waals surface area contributed by atoms with Crippen molar-refractivity contribution >= 4 is 61.0 Å². The maximum atomic E-state index is 12.6. The molecule has 0 aliphatic heterocycles. The van der Waals surface area contributed by atoms with E-state index in [0.29, 0.717) is 5.75 Å². The van der Waals surface area contributed by atoms with E-state index in [1.54, 1.807) is 0 Å². The molecular formula is C21H20Br2Cl2O3. The smallest absolute Gasteiger partial charge is 0.310 e. The molecule has 0 aromatic heterocycles. The number of alkyl halides is 4. The first-order valence-corrected chi connectivity index (χ1v) is 11.3. The maximum Gasteiger partial charge on any atom is 0.310 e. The van der Waals surface area contributed by atoms with E-state index in [0.717, 1.165) is 11.3 Å². The van der Waals surface area contributed by atoms with Crippen molar-refractivity contribution in [2.75, 3.05) is 0 Å². The molecule has 0 saturated heterocycles. The summed E-state index contributed by atoms with van der Waals surface area (Å²) in [5, 5.41) is 0. The highest BCUT2D eigenvalue weighted by Gasteiger charge is 2.67. The molecule has 1 aliphatic rings. The van der Waals surface area contributed by atoms with E-state index in [4.69, 9.17) is 32.7 Å². The van der Waals surface area contributed by atoms with Crippen LogP contribution in [0, 0.1) is 17.3 Å². The summed E-state index contributed by atoms with van der Waals surface area (Å²) in [5.74, 6) is 0.900. The van der Waals surface area contributed by atoms with Gasteiger partial charge in [0.05, 0.1) is 10.7 Å². The average molecular weight is 551 g/mol. The van der Waals surface area contributed by atoms with Crippen molar-refractivity contribution < 1.29 is 14.3 Å². The lowest BCUT2D eigenvalue weighted by molar-refractivity contribution is -0.147. The first kappa shape index (κ1) is 21.9. The third-order valence-electron chi connectivity index (χ3n) is 5.05. The molecule has 3 nitrogen and oxygen atoms in total. The third-order valence-corrected chi connectivity index (χ3v) is 8.41. The molecule has 3 atom stereocenters. The van der Waals surface area contributed by atoms with Crippen molar-refractivity contribution in [2.45, 2.75) is 28.5 Å². The molecule has 28 heavy (non-hydrogen) atoms. The van der Waals surface area contributed by atoms with Crippen molar-refractivity contribution in [2.24, 2.45) is 17.3 Å². The molecular weight excluding hydrogens is 531 g/mol. The van der Waals surface area contributed by atoms with Gasteiger partial charge in [0.2, 0.25) is 0 Å². The Morgan fingerprint density at radius 2 is 1.79 bits per heavy atom. The Labute approximate surface area is 191 Å². The van der Waals surface area contributed by atoms with Crippen LogP contribution in [0.3, 0.4) is 0 Å². The summed E-state index contributed by atoms with van der Waals surface area (Å²) in [6.07, 6.45) is 0. The van der Waals surface area contributed by atoms with Crippen molar-refractivity contribution in [1.82, 2.24) is 0 Å². The fourth-order valence-corrected chi connectivity index (χ4v) is 4.99. The molecule has 0 spiro atoms. The van der Waals surface area contributed by atoms with Crippen LogP contribution in [0.1, 0.15) is 19.4 Å². The molecule has 0 amide bonds. The SMILES string of the molecule is CC1(C)[C@H](C(=O)OCc2cccc(Oc3ccccc3)c2)[C@@H]1C(Br)C(Cl)(Cl)Br. The number of halogens is 4. The van der Waals surface area contributed by atoms with Crippen LogP contribution in [0.25, 0.3) is 0 Å². The number of hydrogen-bond donors (Lipinski definition) is 0. The minimum Gasteiger partial charge on any atom is -0.461 e. The van der Waals surface area contributed by atoms with Gasteiger partial charge in [-0.1, -0.05) is 83.3 Å². The molecule has 1 aliphatic carbocycles. The Morgan fingerprint density at radius 3 is 2.43 bits per heavy atom. The van der Waals surface area contributed by atoms with Crippen molar-refractivity contribution in [1.29, 1.82) is 0 Å². The summed E-state index contributed by atoms with van der Waals surface area (Å²) in [6.45, 7) is 4.20. The number of carbonyl (C=O) groups is 1. The van der Waals surface area contributed by atoms with Gasteiger partial charge in [-0.05, 0) is 57.1 Å². The molecule has 2 aromatic rings. The topological polar surface area (TPSA) is 35.5 Å². The van der Waals surface area contributed by atoms with E-state index >= 15 is 0 Å². The van der Waals surface area contributed by atoms with E-state index in [1.165, 1.54) is 0 Å². The van der Waals surface area contributed by atoms with Crippen molar-refractivity contribution in [3.63, 3.8) is 0 Å². The van der Waals surface area contributed by atoms with E-state index in [2.05, 4.69) is 31.9 Å². The highest BCUT2D eigenvalue weighted by atomic mass is 79.9. The molecule has 2 aromatic carbocycles. The molecule has 0 radical (unpaired) electrons. The van der Waals surface area contributed by atoms with Crippen LogP contribution in [0.4, 0.5) is 0 Å². The first-order valence-electron chi connectivity index (χ1n) is 8.80. The summed E-state index contributed by atoms with van der Waals surface area (Å²) in [5.41, 5.74) is 0.614. The van der Waals surface area contributed by atoms with Gasteiger partial charge >= 0.3 is 5.97 Å². The Hall–Kier alpha value is -0.750. The van der Waals surface area contributed by atoms with Crippen LogP contribution in [-0.4, -0.2) is 14.0 Å². The zero-order chi connectivity index (χ0) is 20.5. The normalized spacial score (nSPS) is 21.6. The summed E-state index contributed by atoms with van der Waals surface area (Å²) < 4.78 is 10.2. The monoisotopic (exact) mass is 548 g/mol. The molecule has 150 valence electrons. The minimum absolute atomic E-state index is 0.0258. The van der Waals surface area contributed by atoms with Gasteiger partial charge in [0.15, 0.2) is 3.24 Å². The summed E-state index contributed by atoms with van der Waals surface area (Å²) >= 11 is 19.0. The third kappa shape index (κ3) is 5.05. The second kappa shape index (κ2) is 8.55. The van der Waals surface area contributed by atoms with Gasteiger partial charge in [0.1, 0.15) is 18.1 Å².